The molecule has 2 heterocycles. The summed E-state index contributed by atoms with van der Waals surface area (Å²) in [4.78, 5) is 38.1. The van der Waals surface area contributed by atoms with E-state index in [1.165, 1.54) is 4.90 Å². The fraction of sp³-hybridized carbons (Fsp3) is 0.812. The minimum atomic E-state index is -0.209. The fourth-order valence-electron chi connectivity index (χ4n) is 4.01. The van der Waals surface area contributed by atoms with Crippen LogP contribution in [0.3, 0.4) is 0 Å². The van der Waals surface area contributed by atoms with Crippen molar-refractivity contribution in [3.8, 4) is 0 Å². The zero-order chi connectivity index (χ0) is 15.7. The lowest BCUT2D eigenvalue weighted by Crippen LogP contribution is -2.51. The zero-order valence-electron chi connectivity index (χ0n) is 13.5. The minimum absolute atomic E-state index is 0. The van der Waals surface area contributed by atoms with Gasteiger partial charge in [-0.05, 0) is 38.3 Å². The number of hydrogen-bond acceptors (Lipinski definition) is 4. The lowest BCUT2D eigenvalue weighted by atomic mass is 9.81. The number of halogens is 1. The van der Waals surface area contributed by atoms with E-state index in [4.69, 9.17) is 0 Å². The molecule has 1 aliphatic carbocycles. The summed E-state index contributed by atoms with van der Waals surface area (Å²) in [7, 11) is 0. The first kappa shape index (κ1) is 18.2. The van der Waals surface area contributed by atoms with Gasteiger partial charge in [0.25, 0.3) is 0 Å². The standard InChI is InChI=1S/C16H25N3O3.ClH/c1-10-8-17-7-6-13(10)18-14(20)9-19-15(21)11-4-2-3-5-12(11)16(19)22;/h10-13,17H,2-9H2,1H3,(H,18,20);1H. The first-order chi connectivity index (χ1) is 10.6. The van der Waals surface area contributed by atoms with Crippen LogP contribution in [0.1, 0.15) is 39.0 Å². The van der Waals surface area contributed by atoms with E-state index in [0.717, 1.165) is 45.2 Å². The topological polar surface area (TPSA) is 78.5 Å². The third-order valence-electron chi connectivity index (χ3n) is 5.37. The van der Waals surface area contributed by atoms with Crippen molar-refractivity contribution in [2.45, 2.75) is 45.1 Å². The number of amides is 3. The number of rotatable bonds is 3. The number of carbonyl (C=O) groups excluding carboxylic acids is 3. The minimum Gasteiger partial charge on any atom is -0.351 e. The fourth-order valence-corrected chi connectivity index (χ4v) is 4.01. The van der Waals surface area contributed by atoms with E-state index in [1.54, 1.807) is 0 Å². The monoisotopic (exact) mass is 343 g/mol. The van der Waals surface area contributed by atoms with Gasteiger partial charge in [0.1, 0.15) is 6.54 Å². The molecular weight excluding hydrogens is 318 g/mol. The summed E-state index contributed by atoms with van der Waals surface area (Å²) in [6.45, 7) is 3.76. The largest absolute Gasteiger partial charge is 0.351 e. The number of carbonyl (C=O) groups is 3. The number of imide groups is 1. The van der Waals surface area contributed by atoms with Gasteiger partial charge in [-0.3, -0.25) is 19.3 Å². The average molecular weight is 344 g/mol. The van der Waals surface area contributed by atoms with E-state index in [1.807, 2.05) is 0 Å². The van der Waals surface area contributed by atoms with Crippen molar-refractivity contribution in [3.63, 3.8) is 0 Å². The van der Waals surface area contributed by atoms with E-state index in [2.05, 4.69) is 17.6 Å². The van der Waals surface area contributed by atoms with Gasteiger partial charge in [-0.1, -0.05) is 19.8 Å². The molecule has 3 aliphatic rings. The van der Waals surface area contributed by atoms with Gasteiger partial charge >= 0.3 is 0 Å². The Balaban J connectivity index is 0.00000192. The molecule has 2 N–H and O–H groups in total. The molecule has 4 unspecified atom stereocenters. The van der Waals surface area contributed by atoms with Gasteiger partial charge < -0.3 is 10.6 Å². The van der Waals surface area contributed by atoms with Gasteiger partial charge in [0, 0.05) is 6.04 Å². The van der Waals surface area contributed by atoms with Crippen LogP contribution in [0.15, 0.2) is 0 Å². The van der Waals surface area contributed by atoms with Crippen molar-refractivity contribution in [2.24, 2.45) is 17.8 Å². The maximum atomic E-state index is 12.4. The summed E-state index contributed by atoms with van der Waals surface area (Å²) in [5.41, 5.74) is 0. The van der Waals surface area contributed by atoms with Crippen molar-refractivity contribution in [1.82, 2.24) is 15.5 Å². The van der Waals surface area contributed by atoms with Crippen LogP contribution in [0.5, 0.6) is 0 Å². The van der Waals surface area contributed by atoms with Crippen LogP contribution in [-0.2, 0) is 14.4 Å². The van der Waals surface area contributed by atoms with Crippen molar-refractivity contribution in [2.75, 3.05) is 19.6 Å². The van der Waals surface area contributed by atoms with Gasteiger partial charge in [0.2, 0.25) is 17.7 Å². The van der Waals surface area contributed by atoms with E-state index >= 15 is 0 Å². The molecule has 0 aromatic carbocycles. The molecule has 130 valence electrons. The molecular formula is C16H26ClN3O3. The van der Waals surface area contributed by atoms with Gasteiger partial charge in [0.15, 0.2) is 0 Å². The van der Waals surface area contributed by atoms with Crippen LogP contribution in [0.2, 0.25) is 0 Å². The molecule has 0 aromatic rings. The second-order valence-corrected chi connectivity index (χ2v) is 6.90. The molecule has 0 aromatic heterocycles. The van der Waals surface area contributed by atoms with Crippen molar-refractivity contribution >= 4 is 30.1 Å². The highest BCUT2D eigenvalue weighted by Crippen LogP contribution is 2.37. The first-order valence-corrected chi connectivity index (χ1v) is 8.43. The quantitative estimate of drug-likeness (QED) is 0.739. The molecule has 3 rings (SSSR count). The molecule has 4 atom stereocenters. The van der Waals surface area contributed by atoms with Crippen molar-refractivity contribution in [3.05, 3.63) is 0 Å². The smallest absolute Gasteiger partial charge is 0.240 e. The normalized spacial score (nSPS) is 33.9. The summed E-state index contributed by atoms with van der Waals surface area (Å²) in [6, 6.07) is 0.129. The van der Waals surface area contributed by atoms with E-state index in [9.17, 15) is 14.4 Å². The number of likely N-dealkylation sites (tertiary alicyclic amines) is 1. The predicted octanol–water partition coefficient (Wildman–Crippen LogP) is 0.698. The van der Waals surface area contributed by atoms with E-state index in [0.29, 0.717) is 5.92 Å². The first-order valence-electron chi connectivity index (χ1n) is 8.43. The highest BCUT2D eigenvalue weighted by molar-refractivity contribution is 6.07. The third kappa shape index (κ3) is 3.69. The Kier molecular flexibility index (Phi) is 6.03. The highest BCUT2D eigenvalue weighted by Gasteiger charge is 2.48. The molecule has 6 nitrogen and oxygen atoms in total. The molecule has 0 spiro atoms. The van der Waals surface area contributed by atoms with Gasteiger partial charge in [0.05, 0.1) is 11.8 Å². The summed E-state index contributed by atoms with van der Waals surface area (Å²) in [5.74, 6) is -0.463. The Morgan fingerprint density at radius 3 is 2.35 bits per heavy atom. The van der Waals surface area contributed by atoms with Gasteiger partial charge in [-0.25, -0.2) is 0 Å². The van der Waals surface area contributed by atoms with Crippen LogP contribution in [0.25, 0.3) is 0 Å². The van der Waals surface area contributed by atoms with Crippen molar-refractivity contribution in [1.29, 1.82) is 0 Å². The third-order valence-corrected chi connectivity index (χ3v) is 5.37. The molecule has 2 saturated heterocycles. The Bertz CT molecular complexity index is 461. The SMILES string of the molecule is CC1CNCCC1NC(=O)CN1C(=O)C2CCCCC2C1=O.Cl. The molecule has 1 saturated carbocycles. The average Bonchev–Trinajstić information content (AvgIpc) is 2.75. The predicted molar refractivity (Wildman–Crippen MR) is 88.0 cm³/mol. The van der Waals surface area contributed by atoms with E-state index in [-0.39, 0.29) is 54.6 Å². The zero-order valence-corrected chi connectivity index (χ0v) is 14.4. The van der Waals surface area contributed by atoms with Crippen molar-refractivity contribution < 1.29 is 14.4 Å². The van der Waals surface area contributed by atoms with Crippen LogP contribution in [0, 0.1) is 17.8 Å². The second-order valence-electron chi connectivity index (χ2n) is 6.90. The Labute approximate surface area is 143 Å². The summed E-state index contributed by atoms with van der Waals surface area (Å²) >= 11 is 0. The number of nitrogens with zero attached hydrogens (tertiary/aromatic N) is 1. The lowest BCUT2D eigenvalue weighted by Gasteiger charge is -2.30. The molecule has 7 heteroatoms. The van der Waals surface area contributed by atoms with Gasteiger partial charge in [-0.2, -0.15) is 0 Å². The molecule has 23 heavy (non-hydrogen) atoms. The Hall–Kier alpha value is -1.14. The number of hydrogen-bond donors (Lipinski definition) is 2. The van der Waals surface area contributed by atoms with E-state index < -0.39 is 0 Å². The summed E-state index contributed by atoms with van der Waals surface area (Å²) in [6.07, 6.45) is 4.48. The maximum Gasteiger partial charge on any atom is 0.240 e. The van der Waals surface area contributed by atoms with Crippen LogP contribution >= 0.6 is 12.4 Å². The molecule has 3 fully saturated rings. The summed E-state index contributed by atoms with van der Waals surface area (Å²) < 4.78 is 0. The number of piperidine rings is 1. The van der Waals surface area contributed by atoms with Gasteiger partial charge in [-0.15, -0.1) is 12.4 Å². The lowest BCUT2D eigenvalue weighted by molar-refractivity contribution is -0.143. The molecule has 3 amide bonds. The second kappa shape index (κ2) is 7.62. The number of fused-ring (bicyclic) bond motifs is 1. The Morgan fingerprint density at radius 2 is 1.78 bits per heavy atom. The molecule has 0 radical (unpaired) electrons. The van der Waals surface area contributed by atoms with Crippen LogP contribution < -0.4 is 10.6 Å². The van der Waals surface area contributed by atoms with Crippen LogP contribution in [-0.4, -0.2) is 48.3 Å². The van der Waals surface area contributed by atoms with Crippen LogP contribution in [0.4, 0.5) is 0 Å². The molecule has 0 bridgehead atoms. The summed E-state index contributed by atoms with van der Waals surface area (Å²) in [5, 5.41) is 6.28. The number of nitrogens with one attached hydrogen (secondary N) is 2. The Morgan fingerprint density at radius 1 is 1.17 bits per heavy atom. The molecule has 2 aliphatic heterocycles. The maximum absolute atomic E-state index is 12.4. The highest BCUT2D eigenvalue weighted by atomic mass is 35.5.